The van der Waals surface area contributed by atoms with E-state index < -0.39 is 23.2 Å². The van der Waals surface area contributed by atoms with E-state index in [1.54, 1.807) is 4.90 Å². The van der Waals surface area contributed by atoms with Crippen molar-refractivity contribution in [2.45, 2.75) is 43.8 Å². The van der Waals surface area contributed by atoms with E-state index in [1.807, 2.05) is 0 Å². The number of halogens is 3. The second-order valence-corrected chi connectivity index (χ2v) is 7.38. The van der Waals surface area contributed by atoms with E-state index >= 15 is 0 Å². The summed E-state index contributed by atoms with van der Waals surface area (Å²) in [5, 5.41) is 0. The number of hydrogen-bond donors (Lipinski definition) is 1. The molecule has 0 aromatic heterocycles. The Morgan fingerprint density at radius 3 is 2.15 bits per heavy atom. The van der Waals surface area contributed by atoms with Crippen molar-refractivity contribution in [2.75, 3.05) is 26.2 Å². The summed E-state index contributed by atoms with van der Waals surface area (Å²) in [6, 6.07) is 4.43. The van der Waals surface area contributed by atoms with Gasteiger partial charge in [-0.15, -0.1) is 0 Å². The Morgan fingerprint density at radius 1 is 0.963 bits per heavy atom. The molecule has 0 atom stereocenters. The Hall–Kier alpha value is -2.09. The first-order valence-electron chi connectivity index (χ1n) is 9.25. The molecule has 2 fully saturated rings. The highest BCUT2D eigenvalue weighted by Gasteiger charge is 2.39. The van der Waals surface area contributed by atoms with Gasteiger partial charge in [-0.2, -0.15) is 13.2 Å². The molecule has 1 aromatic carbocycles. The third kappa shape index (κ3) is 4.26. The van der Waals surface area contributed by atoms with Crippen molar-refractivity contribution in [3.63, 3.8) is 0 Å². The van der Waals surface area contributed by atoms with Crippen LogP contribution in [0.5, 0.6) is 0 Å². The van der Waals surface area contributed by atoms with Crippen molar-refractivity contribution in [1.29, 1.82) is 0 Å². The van der Waals surface area contributed by atoms with Crippen LogP contribution in [0.15, 0.2) is 24.3 Å². The molecule has 2 N–H and O–H groups in total. The monoisotopic (exact) mass is 383 g/mol. The zero-order chi connectivity index (χ0) is 19.7. The average Bonchev–Trinajstić information content (AvgIpc) is 2.67. The van der Waals surface area contributed by atoms with Crippen LogP contribution < -0.4 is 5.73 Å². The van der Waals surface area contributed by atoms with Gasteiger partial charge in [0.1, 0.15) is 0 Å². The van der Waals surface area contributed by atoms with Gasteiger partial charge in [-0.25, -0.2) is 0 Å². The maximum absolute atomic E-state index is 12.8. The van der Waals surface area contributed by atoms with Gasteiger partial charge in [0.15, 0.2) is 0 Å². The lowest BCUT2D eigenvalue weighted by Gasteiger charge is -2.41. The number of benzene rings is 1. The van der Waals surface area contributed by atoms with Crippen LogP contribution in [0.25, 0.3) is 0 Å². The van der Waals surface area contributed by atoms with Crippen LogP contribution >= 0.6 is 0 Å². The number of carbonyl (C=O) groups is 2. The largest absolute Gasteiger partial charge is 0.416 e. The topological polar surface area (TPSA) is 66.6 Å². The number of piperazine rings is 1. The van der Waals surface area contributed by atoms with Gasteiger partial charge in [0.25, 0.3) is 5.91 Å². The molecule has 0 spiro atoms. The van der Waals surface area contributed by atoms with Gasteiger partial charge in [0.2, 0.25) is 5.91 Å². The first kappa shape index (κ1) is 19.7. The van der Waals surface area contributed by atoms with Crippen molar-refractivity contribution in [3.8, 4) is 0 Å². The standard InChI is InChI=1S/C19H24F3N3O2/c20-19(21,22)15-6-4-5-14(13-15)16(26)24-9-11-25(12-10-24)17(27)18(23)7-2-1-3-8-18/h4-6,13H,1-3,7-12,23H2. The van der Waals surface area contributed by atoms with Crippen LogP contribution in [0.4, 0.5) is 13.2 Å². The minimum Gasteiger partial charge on any atom is -0.338 e. The molecule has 3 rings (SSSR count). The highest BCUT2D eigenvalue weighted by Crippen LogP contribution is 2.30. The number of carbonyl (C=O) groups excluding carboxylic acids is 2. The van der Waals surface area contributed by atoms with Crippen LogP contribution in [-0.4, -0.2) is 53.3 Å². The molecule has 1 heterocycles. The molecule has 1 saturated carbocycles. The quantitative estimate of drug-likeness (QED) is 0.854. The summed E-state index contributed by atoms with van der Waals surface area (Å²) >= 11 is 0. The van der Waals surface area contributed by atoms with Crippen molar-refractivity contribution < 1.29 is 22.8 Å². The fourth-order valence-electron chi connectivity index (χ4n) is 3.84. The summed E-state index contributed by atoms with van der Waals surface area (Å²) in [7, 11) is 0. The summed E-state index contributed by atoms with van der Waals surface area (Å²) in [6.07, 6.45) is -0.167. The fraction of sp³-hybridized carbons (Fsp3) is 0.579. The molecule has 1 aliphatic heterocycles. The lowest BCUT2D eigenvalue weighted by molar-refractivity contribution is -0.140. The second kappa shape index (κ2) is 7.50. The van der Waals surface area contributed by atoms with Gasteiger partial charge < -0.3 is 15.5 Å². The van der Waals surface area contributed by atoms with E-state index in [-0.39, 0.29) is 24.6 Å². The number of nitrogens with two attached hydrogens (primary N) is 1. The molecule has 0 radical (unpaired) electrons. The zero-order valence-corrected chi connectivity index (χ0v) is 15.1. The second-order valence-electron chi connectivity index (χ2n) is 7.38. The van der Waals surface area contributed by atoms with Crippen molar-refractivity contribution in [1.82, 2.24) is 9.80 Å². The van der Waals surface area contributed by atoms with Crippen LogP contribution in [0.3, 0.4) is 0 Å². The summed E-state index contributed by atoms with van der Waals surface area (Å²) in [4.78, 5) is 28.5. The molecule has 1 aromatic rings. The first-order chi connectivity index (χ1) is 12.7. The maximum Gasteiger partial charge on any atom is 0.416 e. The van der Waals surface area contributed by atoms with E-state index in [4.69, 9.17) is 5.73 Å². The van der Waals surface area contributed by atoms with Gasteiger partial charge in [0.05, 0.1) is 11.1 Å². The Morgan fingerprint density at radius 2 is 1.56 bits per heavy atom. The first-order valence-corrected chi connectivity index (χ1v) is 9.25. The molecule has 5 nitrogen and oxygen atoms in total. The minimum absolute atomic E-state index is 0.00665. The smallest absolute Gasteiger partial charge is 0.338 e. The van der Waals surface area contributed by atoms with Crippen molar-refractivity contribution in [2.24, 2.45) is 5.73 Å². The normalized spacial score (nSPS) is 20.4. The predicted octanol–water partition coefficient (Wildman–Crippen LogP) is 2.65. The summed E-state index contributed by atoms with van der Waals surface area (Å²) in [6.45, 7) is 1.28. The molecular weight excluding hydrogens is 359 g/mol. The average molecular weight is 383 g/mol. The summed E-state index contributed by atoms with van der Waals surface area (Å²) in [5.74, 6) is -0.526. The number of nitrogens with zero attached hydrogens (tertiary/aromatic N) is 2. The lowest BCUT2D eigenvalue weighted by atomic mass is 9.81. The SMILES string of the molecule is NC1(C(=O)N2CCN(C(=O)c3cccc(C(F)(F)F)c3)CC2)CCCCC1. The Balaban J connectivity index is 1.62. The molecule has 0 bridgehead atoms. The molecule has 27 heavy (non-hydrogen) atoms. The number of amides is 2. The van der Waals surface area contributed by atoms with E-state index in [0.29, 0.717) is 25.9 Å². The maximum atomic E-state index is 12.8. The molecule has 2 amide bonds. The van der Waals surface area contributed by atoms with E-state index in [0.717, 1.165) is 31.4 Å². The molecule has 1 saturated heterocycles. The van der Waals surface area contributed by atoms with Crippen LogP contribution in [0, 0.1) is 0 Å². The number of rotatable bonds is 2. The fourth-order valence-corrected chi connectivity index (χ4v) is 3.84. The molecular formula is C19H24F3N3O2. The molecule has 148 valence electrons. The predicted molar refractivity (Wildman–Crippen MR) is 93.9 cm³/mol. The van der Waals surface area contributed by atoms with Crippen molar-refractivity contribution in [3.05, 3.63) is 35.4 Å². The zero-order valence-electron chi connectivity index (χ0n) is 15.1. The van der Waals surface area contributed by atoms with Gasteiger partial charge in [0, 0.05) is 31.7 Å². The van der Waals surface area contributed by atoms with E-state index in [2.05, 4.69) is 0 Å². The Bertz CT molecular complexity index is 706. The Labute approximate surface area is 156 Å². The lowest BCUT2D eigenvalue weighted by Crippen LogP contribution is -2.60. The number of alkyl halides is 3. The third-order valence-corrected chi connectivity index (χ3v) is 5.46. The van der Waals surface area contributed by atoms with Gasteiger partial charge in [-0.1, -0.05) is 25.3 Å². The van der Waals surface area contributed by atoms with Crippen LogP contribution in [-0.2, 0) is 11.0 Å². The molecule has 8 heteroatoms. The highest BCUT2D eigenvalue weighted by molar-refractivity contribution is 5.94. The van der Waals surface area contributed by atoms with Crippen LogP contribution in [0.1, 0.15) is 48.0 Å². The Kier molecular flexibility index (Phi) is 5.46. The van der Waals surface area contributed by atoms with E-state index in [1.165, 1.54) is 17.0 Å². The number of hydrogen-bond acceptors (Lipinski definition) is 3. The van der Waals surface area contributed by atoms with Gasteiger partial charge in [-0.3, -0.25) is 9.59 Å². The summed E-state index contributed by atoms with van der Waals surface area (Å²) < 4.78 is 38.5. The summed E-state index contributed by atoms with van der Waals surface area (Å²) in [5.41, 5.74) is 4.65. The van der Waals surface area contributed by atoms with E-state index in [9.17, 15) is 22.8 Å². The van der Waals surface area contributed by atoms with Gasteiger partial charge >= 0.3 is 6.18 Å². The highest BCUT2D eigenvalue weighted by atomic mass is 19.4. The molecule has 0 unspecified atom stereocenters. The van der Waals surface area contributed by atoms with Crippen LogP contribution in [0.2, 0.25) is 0 Å². The third-order valence-electron chi connectivity index (χ3n) is 5.46. The minimum atomic E-state index is -4.49. The molecule has 1 aliphatic carbocycles. The van der Waals surface area contributed by atoms with Gasteiger partial charge in [-0.05, 0) is 31.0 Å². The van der Waals surface area contributed by atoms with Crippen molar-refractivity contribution >= 4 is 11.8 Å². The molecule has 2 aliphatic rings.